The van der Waals surface area contributed by atoms with Gasteiger partial charge in [0.15, 0.2) is 11.3 Å². The van der Waals surface area contributed by atoms with Crippen LogP contribution < -0.4 is 4.74 Å². The van der Waals surface area contributed by atoms with E-state index >= 15 is 0 Å². The molecule has 1 aliphatic carbocycles. The van der Waals surface area contributed by atoms with Crippen LogP contribution in [0.2, 0.25) is 0 Å². The number of aliphatic hydroxyl groups excluding tert-OH is 1. The first-order valence-electron chi connectivity index (χ1n) is 9.43. The van der Waals surface area contributed by atoms with Crippen LogP contribution in [0.15, 0.2) is 84.6 Å². The molecule has 5 nitrogen and oxygen atoms in total. The van der Waals surface area contributed by atoms with Gasteiger partial charge in [-0.3, -0.25) is 4.98 Å². The number of hydrogen-bond acceptors (Lipinski definition) is 5. The molecule has 0 spiro atoms. The average Bonchev–Trinajstić information content (AvgIpc) is 3.46. The number of thiazole rings is 1. The fourth-order valence-corrected chi connectivity index (χ4v) is 4.00. The van der Waals surface area contributed by atoms with Crippen LogP contribution in [0.1, 0.15) is 16.8 Å². The van der Waals surface area contributed by atoms with Crippen molar-refractivity contribution in [2.24, 2.45) is 0 Å². The van der Waals surface area contributed by atoms with Gasteiger partial charge in [0.05, 0.1) is 0 Å². The maximum Gasteiger partial charge on any atom is 0.250 e. The molecule has 2 aromatic heterocycles. The van der Waals surface area contributed by atoms with Gasteiger partial charge in [0.25, 0.3) is 0 Å². The van der Waals surface area contributed by atoms with Crippen molar-refractivity contribution in [2.45, 2.75) is 6.61 Å². The highest BCUT2D eigenvalue weighted by Gasteiger charge is 2.15. The van der Waals surface area contributed by atoms with Crippen molar-refractivity contribution in [1.82, 2.24) is 15.0 Å². The van der Waals surface area contributed by atoms with E-state index < -0.39 is 0 Å². The summed E-state index contributed by atoms with van der Waals surface area (Å²) in [5.74, 6) is 0.725. The first-order valence-corrected chi connectivity index (χ1v) is 10.3. The van der Waals surface area contributed by atoms with Gasteiger partial charge in [0.2, 0.25) is 5.01 Å². The van der Waals surface area contributed by atoms with E-state index in [2.05, 4.69) is 15.0 Å². The van der Waals surface area contributed by atoms with Gasteiger partial charge in [-0.1, -0.05) is 48.3 Å². The summed E-state index contributed by atoms with van der Waals surface area (Å²) in [5, 5.41) is 13.5. The van der Waals surface area contributed by atoms with E-state index in [4.69, 9.17) is 4.74 Å². The van der Waals surface area contributed by atoms with Crippen molar-refractivity contribution in [2.75, 3.05) is 0 Å². The molecule has 2 aliphatic rings. The van der Waals surface area contributed by atoms with Crippen molar-refractivity contribution in [1.29, 1.82) is 0 Å². The molecule has 3 heterocycles. The molecule has 6 heteroatoms. The number of hydrogen-bond donors (Lipinski definition) is 1. The zero-order valence-electron chi connectivity index (χ0n) is 15.9. The van der Waals surface area contributed by atoms with Gasteiger partial charge in [-0.05, 0) is 23.4 Å². The summed E-state index contributed by atoms with van der Waals surface area (Å²) in [7, 11) is 0. The summed E-state index contributed by atoms with van der Waals surface area (Å²) in [4.78, 5) is 13.1. The Hall–Kier alpha value is -3.61. The third-order valence-electron chi connectivity index (χ3n) is 4.75. The molecule has 30 heavy (non-hydrogen) atoms. The molecule has 5 rings (SSSR count). The highest BCUT2D eigenvalue weighted by Crippen LogP contribution is 2.36. The van der Waals surface area contributed by atoms with Crippen molar-refractivity contribution in [3.63, 3.8) is 0 Å². The lowest BCUT2D eigenvalue weighted by Crippen LogP contribution is -2.02. The van der Waals surface area contributed by atoms with Crippen LogP contribution in [0.25, 0.3) is 21.8 Å². The molecule has 3 aromatic rings. The zero-order valence-corrected chi connectivity index (χ0v) is 16.7. The van der Waals surface area contributed by atoms with E-state index in [9.17, 15) is 5.11 Å². The van der Waals surface area contributed by atoms with E-state index in [0.717, 1.165) is 33.1 Å². The summed E-state index contributed by atoms with van der Waals surface area (Å²) in [5.41, 5.74) is 4.80. The molecular weight excluding hydrogens is 394 g/mol. The lowest BCUT2D eigenvalue weighted by Gasteiger charge is -2.22. The molecule has 0 unspecified atom stereocenters. The molecule has 0 fully saturated rings. The SMILES string of the molecule is O[C-](c1c[s+][c-](-c2cccnc2)n1)c1cnc2c[cH-]c(OCc3ccccc3)cc1-2. The Kier molecular flexibility index (Phi) is 4.93. The molecule has 0 amide bonds. The number of nitrogens with zero attached hydrogens (tertiary/aromatic N) is 3. The maximum atomic E-state index is 10.9. The van der Waals surface area contributed by atoms with Crippen molar-refractivity contribution in [3.05, 3.63) is 108 Å². The Morgan fingerprint density at radius 3 is 2.87 bits per heavy atom. The van der Waals surface area contributed by atoms with Gasteiger partial charge < -0.3 is 19.8 Å². The summed E-state index contributed by atoms with van der Waals surface area (Å²) in [6, 6.07) is 19.5. The number of fused-ring (bicyclic) bond motifs is 1. The topological polar surface area (TPSA) is 68.1 Å². The molecule has 0 saturated heterocycles. The normalized spacial score (nSPS) is 11.0. The molecule has 0 saturated carbocycles. The molecule has 1 aliphatic heterocycles. The third kappa shape index (κ3) is 3.66. The first kappa shape index (κ1) is 18.4. The van der Waals surface area contributed by atoms with Gasteiger partial charge in [-0.25, -0.2) is 0 Å². The van der Waals surface area contributed by atoms with Gasteiger partial charge in [0.1, 0.15) is 12.0 Å². The Morgan fingerprint density at radius 1 is 1.13 bits per heavy atom. The van der Waals surface area contributed by atoms with E-state index in [1.807, 2.05) is 66.0 Å². The first-order chi connectivity index (χ1) is 14.8. The van der Waals surface area contributed by atoms with E-state index in [0.29, 0.717) is 17.9 Å². The lowest BCUT2D eigenvalue weighted by atomic mass is 10.0. The summed E-state index contributed by atoms with van der Waals surface area (Å²) < 4.78 is 5.93. The van der Waals surface area contributed by atoms with Gasteiger partial charge in [0, 0.05) is 17.6 Å². The second kappa shape index (κ2) is 8.02. The van der Waals surface area contributed by atoms with Crippen molar-refractivity contribution in [3.8, 4) is 27.6 Å². The van der Waals surface area contributed by atoms with Crippen molar-refractivity contribution >= 4 is 11.3 Å². The van der Waals surface area contributed by atoms with Crippen molar-refractivity contribution < 1.29 is 9.84 Å². The molecular formula is C24H17N3O2S-2. The fourth-order valence-electron chi connectivity index (χ4n) is 3.21. The second-order valence-corrected chi connectivity index (χ2v) is 7.61. The van der Waals surface area contributed by atoms with E-state index in [1.54, 1.807) is 18.6 Å². The minimum atomic E-state index is 0.101. The lowest BCUT2D eigenvalue weighted by molar-refractivity contribution is 0.306. The van der Waals surface area contributed by atoms with Crippen LogP contribution in [0.3, 0.4) is 0 Å². The average molecular weight is 411 g/mol. The Labute approximate surface area is 178 Å². The number of ether oxygens (including phenoxy) is 1. The maximum absolute atomic E-state index is 10.9. The molecule has 0 atom stereocenters. The minimum absolute atomic E-state index is 0.101. The van der Waals surface area contributed by atoms with Gasteiger partial charge >= 0.3 is 0 Å². The standard InChI is InChI=1S/C24H17N3O2S/c28-23(22-15-30-24(27-22)17-7-4-10-25-12-17)20-13-26-21-9-8-18(11-19(20)21)29-14-16-5-2-1-3-6-16/h1-13,15,28H,14H2/q-2. The third-order valence-corrected chi connectivity index (χ3v) is 5.64. The highest BCUT2D eigenvalue weighted by atomic mass is 32.1. The van der Waals surface area contributed by atoms with Crippen LogP contribution in [0.5, 0.6) is 5.75 Å². The van der Waals surface area contributed by atoms with Crippen LogP contribution in [-0.2, 0) is 6.61 Å². The Morgan fingerprint density at radius 2 is 2.03 bits per heavy atom. The smallest absolute Gasteiger partial charge is 0.250 e. The molecule has 0 radical (unpaired) electrons. The number of aromatic nitrogens is 3. The quantitative estimate of drug-likeness (QED) is 0.303. The fraction of sp³-hybridized carbons (Fsp3) is 0.0417. The zero-order chi connectivity index (χ0) is 20.3. The number of aliphatic hydroxyl groups is 1. The second-order valence-electron chi connectivity index (χ2n) is 6.75. The Bertz CT molecular complexity index is 1220. The van der Waals surface area contributed by atoms with Crippen LogP contribution >= 0.6 is 11.3 Å². The Balaban J connectivity index is 1.39. The van der Waals surface area contributed by atoms with E-state index in [1.165, 1.54) is 11.3 Å². The predicted octanol–water partition coefficient (Wildman–Crippen LogP) is 5.30. The summed E-state index contributed by atoms with van der Waals surface area (Å²) in [6.07, 6.45) is 5.25. The number of benzene rings is 2. The van der Waals surface area contributed by atoms with Crippen LogP contribution in [0, 0.1) is 6.10 Å². The number of pyridine rings is 1. The van der Waals surface area contributed by atoms with Crippen LogP contribution in [0.4, 0.5) is 0 Å². The van der Waals surface area contributed by atoms with E-state index in [-0.39, 0.29) is 6.10 Å². The molecule has 0 bridgehead atoms. The molecule has 148 valence electrons. The van der Waals surface area contributed by atoms with Gasteiger partial charge in [-0.15, -0.1) is 17.7 Å². The largest absolute Gasteiger partial charge is 0.515 e. The minimum Gasteiger partial charge on any atom is -0.515 e. The van der Waals surface area contributed by atoms with Crippen LogP contribution in [-0.4, -0.2) is 20.1 Å². The van der Waals surface area contributed by atoms with Gasteiger partial charge in [-0.2, -0.15) is 17.7 Å². The number of rotatable bonds is 6. The monoisotopic (exact) mass is 411 g/mol. The molecule has 1 aromatic carbocycles. The highest BCUT2D eigenvalue weighted by molar-refractivity contribution is 7.13. The molecule has 1 N–H and O–H groups in total. The summed E-state index contributed by atoms with van der Waals surface area (Å²) in [6.45, 7) is 0.478. The summed E-state index contributed by atoms with van der Waals surface area (Å²) >= 11 is 1.47. The predicted molar refractivity (Wildman–Crippen MR) is 116 cm³/mol.